The molecule has 0 fully saturated rings. The van der Waals surface area contributed by atoms with Crippen LogP contribution in [0, 0.1) is 13.8 Å². The molecule has 0 atom stereocenters. The third-order valence-corrected chi connectivity index (χ3v) is 4.37. The molecule has 1 aromatic heterocycles. The number of benzene rings is 1. The van der Waals surface area contributed by atoms with E-state index in [4.69, 9.17) is 9.63 Å². The first-order valence-electron chi connectivity index (χ1n) is 5.33. The van der Waals surface area contributed by atoms with Gasteiger partial charge in [0, 0.05) is 5.56 Å². The molecule has 5 nitrogen and oxygen atoms in total. The molecule has 0 unspecified atom stereocenters. The maximum absolute atomic E-state index is 12.2. The summed E-state index contributed by atoms with van der Waals surface area (Å²) < 4.78 is 29.3. The van der Waals surface area contributed by atoms with Crippen LogP contribution in [0.25, 0.3) is 0 Å². The summed E-state index contributed by atoms with van der Waals surface area (Å²) in [5.74, 6) is 0.389. The van der Waals surface area contributed by atoms with Crippen molar-refractivity contribution < 1.29 is 18.0 Å². The number of aromatic hydroxyl groups is 1. The molecular formula is C12H13NO4S. The molecule has 18 heavy (non-hydrogen) atoms. The van der Waals surface area contributed by atoms with E-state index in [2.05, 4.69) is 5.16 Å². The van der Waals surface area contributed by atoms with Gasteiger partial charge in [-0.25, -0.2) is 8.42 Å². The van der Waals surface area contributed by atoms with E-state index in [-0.39, 0.29) is 16.4 Å². The van der Waals surface area contributed by atoms with Gasteiger partial charge in [-0.15, -0.1) is 0 Å². The molecule has 0 radical (unpaired) electrons. The first kappa shape index (κ1) is 12.6. The van der Waals surface area contributed by atoms with Crippen molar-refractivity contribution in [1.29, 1.82) is 0 Å². The van der Waals surface area contributed by atoms with Crippen molar-refractivity contribution in [2.45, 2.75) is 24.5 Å². The zero-order chi connectivity index (χ0) is 13.3. The fraction of sp³-hybridized carbons (Fsp3) is 0.250. The van der Waals surface area contributed by atoms with Crippen molar-refractivity contribution in [3.05, 3.63) is 41.3 Å². The van der Waals surface area contributed by atoms with Gasteiger partial charge in [-0.1, -0.05) is 5.16 Å². The van der Waals surface area contributed by atoms with Crippen molar-refractivity contribution >= 4 is 9.84 Å². The molecule has 2 rings (SSSR count). The van der Waals surface area contributed by atoms with Crippen LogP contribution in [0.4, 0.5) is 0 Å². The summed E-state index contributed by atoms with van der Waals surface area (Å²) in [5, 5.41) is 12.9. The minimum absolute atomic E-state index is 0.0336. The highest BCUT2D eigenvalue weighted by molar-refractivity contribution is 7.90. The standard InChI is InChI=1S/C12H13NO4S/c1-8-12(9(2)17-13-8)7-18(15,16)11-5-3-10(14)4-6-11/h3-6,14H,7H2,1-2H3. The Kier molecular flexibility index (Phi) is 3.13. The quantitative estimate of drug-likeness (QED) is 0.919. The summed E-state index contributed by atoms with van der Waals surface area (Å²) in [6.45, 7) is 3.39. The van der Waals surface area contributed by atoms with Crippen LogP contribution in [0.2, 0.25) is 0 Å². The predicted octanol–water partition coefficient (Wildman–Crippen LogP) is 1.97. The lowest BCUT2D eigenvalue weighted by atomic mass is 10.2. The zero-order valence-corrected chi connectivity index (χ0v) is 10.9. The number of nitrogens with zero attached hydrogens (tertiary/aromatic N) is 1. The number of rotatable bonds is 3. The lowest BCUT2D eigenvalue weighted by Gasteiger charge is -2.04. The molecule has 6 heteroatoms. The van der Waals surface area contributed by atoms with E-state index in [0.717, 1.165) is 0 Å². The Labute approximate surface area is 105 Å². The highest BCUT2D eigenvalue weighted by Gasteiger charge is 2.20. The maximum Gasteiger partial charge on any atom is 0.182 e. The van der Waals surface area contributed by atoms with Crippen molar-refractivity contribution in [2.24, 2.45) is 0 Å². The summed E-state index contributed by atoms with van der Waals surface area (Å²) >= 11 is 0. The van der Waals surface area contributed by atoms with Gasteiger partial charge in [-0.3, -0.25) is 0 Å². The van der Waals surface area contributed by atoms with Crippen molar-refractivity contribution in [1.82, 2.24) is 5.16 Å². The monoisotopic (exact) mass is 267 g/mol. The number of phenolic OH excluding ortho intramolecular Hbond substituents is 1. The lowest BCUT2D eigenvalue weighted by Crippen LogP contribution is -2.06. The molecule has 1 aromatic carbocycles. The van der Waals surface area contributed by atoms with Gasteiger partial charge < -0.3 is 9.63 Å². The van der Waals surface area contributed by atoms with Gasteiger partial charge in [0.15, 0.2) is 9.84 Å². The van der Waals surface area contributed by atoms with Crippen molar-refractivity contribution in [3.63, 3.8) is 0 Å². The van der Waals surface area contributed by atoms with Crippen molar-refractivity contribution in [2.75, 3.05) is 0 Å². The van der Waals surface area contributed by atoms with Crippen molar-refractivity contribution in [3.8, 4) is 5.75 Å². The van der Waals surface area contributed by atoms with Gasteiger partial charge in [0.2, 0.25) is 0 Å². The summed E-state index contributed by atoms with van der Waals surface area (Å²) in [7, 11) is -3.46. The van der Waals surface area contributed by atoms with Crippen LogP contribution in [0.3, 0.4) is 0 Å². The molecule has 0 amide bonds. The number of hydrogen-bond acceptors (Lipinski definition) is 5. The van der Waals surface area contributed by atoms with E-state index >= 15 is 0 Å². The van der Waals surface area contributed by atoms with Crippen LogP contribution in [-0.2, 0) is 15.6 Å². The van der Waals surface area contributed by atoms with Crippen LogP contribution in [0.5, 0.6) is 5.75 Å². The third-order valence-electron chi connectivity index (χ3n) is 2.71. The molecule has 0 aliphatic carbocycles. The zero-order valence-electron chi connectivity index (χ0n) is 10.0. The topological polar surface area (TPSA) is 80.4 Å². The van der Waals surface area contributed by atoms with Gasteiger partial charge in [0.25, 0.3) is 0 Å². The Morgan fingerprint density at radius 2 is 1.83 bits per heavy atom. The van der Waals surface area contributed by atoms with Gasteiger partial charge in [0.1, 0.15) is 11.5 Å². The Bertz CT molecular complexity index is 636. The Morgan fingerprint density at radius 1 is 1.22 bits per heavy atom. The summed E-state index contributed by atoms with van der Waals surface area (Å²) in [5.41, 5.74) is 1.16. The third kappa shape index (κ3) is 2.38. The number of aryl methyl sites for hydroxylation is 2. The smallest absolute Gasteiger partial charge is 0.182 e. The Morgan fingerprint density at radius 3 is 2.33 bits per heavy atom. The average molecular weight is 267 g/mol. The second kappa shape index (κ2) is 4.45. The molecular weight excluding hydrogens is 254 g/mol. The number of aromatic nitrogens is 1. The van der Waals surface area contributed by atoms with Crippen LogP contribution < -0.4 is 0 Å². The van der Waals surface area contributed by atoms with E-state index < -0.39 is 9.84 Å². The van der Waals surface area contributed by atoms with E-state index in [0.29, 0.717) is 17.0 Å². The van der Waals surface area contributed by atoms with Gasteiger partial charge in [-0.05, 0) is 38.1 Å². The SMILES string of the molecule is Cc1noc(C)c1CS(=O)(=O)c1ccc(O)cc1. The maximum atomic E-state index is 12.2. The van der Waals surface area contributed by atoms with E-state index in [1.165, 1.54) is 24.3 Å². The first-order valence-corrected chi connectivity index (χ1v) is 6.99. The Balaban J connectivity index is 2.36. The van der Waals surface area contributed by atoms with Gasteiger partial charge >= 0.3 is 0 Å². The molecule has 2 aromatic rings. The molecule has 0 spiro atoms. The molecule has 0 aliphatic heterocycles. The van der Waals surface area contributed by atoms with Crippen LogP contribution in [0.15, 0.2) is 33.7 Å². The minimum Gasteiger partial charge on any atom is -0.508 e. The normalized spacial score (nSPS) is 11.7. The second-order valence-electron chi connectivity index (χ2n) is 4.06. The molecule has 96 valence electrons. The Hall–Kier alpha value is -1.82. The van der Waals surface area contributed by atoms with E-state index in [9.17, 15) is 8.42 Å². The van der Waals surface area contributed by atoms with Gasteiger partial charge in [0.05, 0.1) is 16.3 Å². The van der Waals surface area contributed by atoms with E-state index in [1.54, 1.807) is 13.8 Å². The molecule has 1 heterocycles. The summed E-state index contributed by atoms with van der Waals surface area (Å²) in [6, 6.07) is 5.45. The fourth-order valence-corrected chi connectivity index (χ4v) is 3.14. The molecule has 1 N–H and O–H groups in total. The highest BCUT2D eigenvalue weighted by Crippen LogP contribution is 2.22. The predicted molar refractivity (Wildman–Crippen MR) is 65.0 cm³/mol. The van der Waals surface area contributed by atoms with E-state index in [1.807, 2.05) is 0 Å². The van der Waals surface area contributed by atoms with Crippen LogP contribution >= 0.6 is 0 Å². The average Bonchev–Trinajstić information content (AvgIpc) is 2.61. The first-order chi connectivity index (χ1) is 8.40. The number of sulfone groups is 1. The largest absolute Gasteiger partial charge is 0.508 e. The van der Waals surface area contributed by atoms with Crippen LogP contribution in [-0.4, -0.2) is 18.7 Å². The molecule has 0 saturated heterocycles. The molecule has 0 bridgehead atoms. The number of phenols is 1. The lowest BCUT2D eigenvalue weighted by molar-refractivity contribution is 0.392. The summed E-state index contributed by atoms with van der Waals surface area (Å²) in [4.78, 5) is 0.167. The van der Waals surface area contributed by atoms with Gasteiger partial charge in [-0.2, -0.15) is 0 Å². The second-order valence-corrected chi connectivity index (χ2v) is 6.05. The minimum atomic E-state index is -3.46. The fourth-order valence-electron chi connectivity index (χ4n) is 1.63. The number of hydrogen-bond donors (Lipinski definition) is 1. The highest BCUT2D eigenvalue weighted by atomic mass is 32.2. The van der Waals surface area contributed by atoms with Crippen LogP contribution in [0.1, 0.15) is 17.0 Å². The summed E-state index contributed by atoms with van der Waals surface area (Å²) in [6.07, 6.45) is 0. The molecule has 0 aliphatic rings. The molecule has 0 saturated carbocycles.